The molecule has 0 saturated carbocycles. The zero-order valence-electron chi connectivity index (χ0n) is 14.0. The Morgan fingerprint density at radius 2 is 2.00 bits per heavy atom. The molecule has 1 aliphatic rings. The van der Waals surface area contributed by atoms with Crippen LogP contribution in [0.15, 0.2) is 12.4 Å². The molecule has 9 nitrogen and oxygen atoms in total. The van der Waals surface area contributed by atoms with Gasteiger partial charge in [-0.2, -0.15) is 18.9 Å². The molecule has 10 heteroatoms. The lowest BCUT2D eigenvalue weighted by atomic mass is 10.3. The summed E-state index contributed by atoms with van der Waals surface area (Å²) in [5.41, 5.74) is 0.886. The Balaban J connectivity index is 1.52. The number of aromatic nitrogens is 4. The largest absolute Gasteiger partial charge is 0.369 e. The van der Waals surface area contributed by atoms with Crippen LogP contribution in [-0.4, -0.2) is 82.2 Å². The van der Waals surface area contributed by atoms with Crippen LogP contribution in [-0.2, 0) is 10.0 Å². The first-order valence-electron chi connectivity index (χ1n) is 8.11. The highest BCUT2D eigenvalue weighted by Crippen LogP contribution is 2.11. The maximum atomic E-state index is 11.9. The Hall–Kier alpha value is -1.78. The summed E-state index contributed by atoms with van der Waals surface area (Å²) in [7, 11) is -3.07. The number of aryl methyl sites for hydroxylation is 1. The van der Waals surface area contributed by atoms with Crippen molar-refractivity contribution in [1.82, 2.24) is 28.8 Å². The average Bonchev–Trinajstić information content (AvgIpc) is 3.03. The number of nitrogens with zero attached hydrogens (tertiary/aromatic N) is 6. The third-order valence-electron chi connectivity index (χ3n) is 4.20. The monoisotopic (exact) mass is 353 g/mol. The van der Waals surface area contributed by atoms with Crippen LogP contribution >= 0.6 is 0 Å². The fourth-order valence-electron chi connectivity index (χ4n) is 2.81. The maximum Gasteiger partial charge on any atom is 0.254 e. The van der Waals surface area contributed by atoms with E-state index in [0.29, 0.717) is 18.9 Å². The van der Waals surface area contributed by atoms with Crippen LogP contribution < -0.4 is 5.32 Å². The first kappa shape index (κ1) is 17.1. The molecule has 24 heavy (non-hydrogen) atoms. The normalized spacial score (nSPS) is 17.4. The van der Waals surface area contributed by atoms with E-state index < -0.39 is 10.0 Å². The van der Waals surface area contributed by atoms with E-state index >= 15 is 0 Å². The minimum atomic E-state index is -3.07. The van der Waals surface area contributed by atoms with Gasteiger partial charge in [0.1, 0.15) is 12.1 Å². The molecule has 1 aliphatic heterocycles. The molecule has 1 fully saturated rings. The summed E-state index contributed by atoms with van der Waals surface area (Å²) < 4.78 is 27.0. The van der Waals surface area contributed by atoms with E-state index in [0.717, 1.165) is 37.7 Å². The second-order valence-corrected chi connectivity index (χ2v) is 8.08. The molecule has 0 aliphatic carbocycles. The number of hydrogen-bond donors (Lipinski definition) is 1. The zero-order chi connectivity index (χ0) is 17.2. The predicted molar refractivity (Wildman–Crippen MR) is 91.5 cm³/mol. The lowest BCUT2D eigenvalue weighted by Crippen LogP contribution is -2.49. The lowest BCUT2D eigenvalue weighted by Gasteiger charge is -2.33. The highest BCUT2D eigenvalue weighted by molar-refractivity contribution is 7.89. The van der Waals surface area contributed by atoms with Crippen LogP contribution in [0, 0.1) is 6.92 Å². The summed E-state index contributed by atoms with van der Waals surface area (Å²) in [4.78, 5) is 10.7. The first-order valence-corrected chi connectivity index (χ1v) is 9.72. The van der Waals surface area contributed by atoms with Crippen LogP contribution in [0.25, 0.3) is 5.78 Å². The minimum absolute atomic E-state index is 0.170. The molecule has 0 aromatic carbocycles. The van der Waals surface area contributed by atoms with Crippen molar-refractivity contribution in [1.29, 1.82) is 0 Å². The van der Waals surface area contributed by atoms with Crippen LogP contribution in [0.5, 0.6) is 0 Å². The van der Waals surface area contributed by atoms with E-state index in [2.05, 4.69) is 25.3 Å². The Morgan fingerprint density at radius 3 is 2.71 bits per heavy atom. The standard InChI is InChI=1S/C14H23N7O2S/c1-3-24(22,23)20-8-6-19(7-9-20)5-4-15-13-10-12(2)18-14-16-11-17-21(13)14/h10-11,15H,3-9H2,1-2H3. The molecule has 132 valence electrons. The third kappa shape index (κ3) is 3.65. The minimum Gasteiger partial charge on any atom is -0.369 e. The average molecular weight is 353 g/mol. The maximum absolute atomic E-state index is 11.9. The number of anilines is 1. The molecule has 0 amide bonds. The SMILES string of the molecule is CCS(=O)(=O)N1CCN(CCNc2cc(C)nc3ncnn23)CC1. The topological polar surface area (TPSA) is 95.7 Å². The molecule has 3 rings (SSSR count). The van der Waals surface area contributed by atoms with Crippen LogP contribution in [0.3, 0.4) is 0 Å². The molecule has 2 aromatic heterocycles. The van der Waals surface area contributed by atoms with Gasteiger partial charge in [0, 0.05) is 51.0 Å². The number of fused-ring (bicyclic) bond motifs is 1. The van der Waals surface area contributed by atoms with E-state index in [1.54, 1.807) is 15.7 Å². The van der Waals surface area contributed by atoms with Gasteiger partial charge in [0.2, 0.25) is 10.0 Å². The fourth-order valence-corrected chi connectivity index (χ4v) is 3.90. The van der Waals surface area contributed by atoms with E-state index in [9.17, 15) is 8.42 Å². The number of sulfonamides is 1. The molecule has 2 aromatic rings. The van der Waals surface area contributed by atoms with Crippen molar-refractivity contribution in [3.8, 4) is 0 Å². The third-order valence-corrected chi connectivity index (χ3v) is 6.09. The smallest absolute Gasteiger partial charge is 0.254 e. The molecule has 0 radical (unpaired) electrons. The molecule has 0 unspecified atom stereocenters. The molecule has 1 N–H and O–H groups in total. The second kappa shape index (κ2) is 6.99. The molecule has 0 bridgehead atoms. The van der Waals surface area contributed by atoms with E-state index in [1.165, 1.54) is 6.33 Å². The second-order valence-electron chi connectivity index (χ2n) is 5.82. The van der Waals surface area contributed by atoms with E-state index in [-0.39, 0.29) is 5.75 Å². The summed E-state index contributed by atoms with van der Waals surface area (Å²) in [6, 6.07) is 1.94. The van der Waals surface area contributed by atoms with Crippen molar-refractivity contribution in [2.75, 3.05) is 50.3 Å². The van der Waals surface area contributed by atoms with Gasteiger partial charge in [-0.1, -0.05) is 0 Å². The van der Waals surface area contributed by atoms with Crippen molar-refractivity contribution in [2.24, 2.45) is 0 Å². The van der Waals surface area contributed by atoms with Crippen molar-refractivity contribution in [3.05, 3.63) is 18.1 Å². The van der Waals surface area contributed by atoms with Gasteiger partial charge in [0.25, 0.3) is 5.78 Å². The number of rotatable bonds is 6. The molecule has 3 heterocycles. The summed E-state index contributed by atoms with van der Waals surface area (Å²) in [6.45, 7) is 7.86. The van der Waals surface area contributed by atoms with Gasteiger partial charge < -0.3 is 5.32 Å². The number of hydrogen-bond acceptors (Lipinski definition) is 7. The summed E-state index contributed by atoms with van der Waals surface area (Å²) in [5, 5.41) is 7.53. The van der Waals surface area contributed by atoms with Crippen molar-refractivity contribution < 1.29 is 8.42 Å². The highest BCUT2D eigenvalue weighted by Gasteiger charge is 2.24. The number of nitrogens with one attached hydrogen (secondary N) is 1. The Morgan fingerprint density at radius 1 is 1.25 bits per heavy atom. The highest BCUT2D eigenvalue weighted by atomic mass is 32.2. The number of piperazine rings is 1. The summed E-state index contributed by atoms with van der Waals surface area (Å²) >= 11 is 0. The van der Waals surface area contributed by atoms with E-state index in [4.69, 9.17) is 0 Å². The van der Waals surface area contributed by atoms with Crippen LogP contribution in [0.4, 0.5) is 5.82 Å². The van der Waals surface area contributed by atoms with Gasteiger partial charge >= 0.3 is 0 Å². The summed E-state index contributed by atoms with van der Waals surface area (Å²) in [5.74, 6) is 1.61. The molecule has 1 saturated heterocycles. The molecule has 0 spiro atoms. The zero-order valence-corrected chi connectivity index (χ0v) is 14.8. The Bertz CT molecular complexity index is 797. The summed E-state index contributed by atoms with van der Waals surface area (Å²) in [6.07, 6.45) is 1.49. The first-order chi connectivity index (χ1) is 11.5. The quantitative estimate of drug-likeness (QED) is 0.769. The Kier molecular flexibility index (Phi) is 4.97. The van der Waals surface area contributed by atoms with Gasteiger partial charge in [-0.15, -0.1) is 0 Å². The van der Waals surface area contributed by atoms with Crippen LogP contribution in [0.1, 0.15) is 12.6 Å². The molecular formula is C14H23N7O2S. The van der Waals surface area contributed by atoms with Gasteiger partial charge in [0.15, 0.2) is 0 Å². The van der Waals surface area contributed by atoms with E-state index in [1.807, 2.05) is 13.0 Å². The fraction of sp³-hybridized carbons (Fsp3) is 0.643. The van der Waals surface area contributed by atoms with Gasteiger partial charge in [0.05, 0.1) is 5.75 Å². The van der Waals surface area contributed by atoms with Gasteiger partial charge in [-0.05, 0) is 13.8 Å². The van der Waals surface area contributed by atoms with Crippen molar-refractivity contribution in [2.45, 2.75) is 13.8 Å². The van der Waals surface area contributed by atoms with Crippen LogP contribution in [0.2, 0.25) is 0 Å². The van der Waals surface area contributed by atoms with Gasteiger partial charge in [-0.25, -0.2) is 13.4 Å². The predicted octanol–water partition coefficient (Wildman–Crippen LogP) is -0.188. The Labute approximate surface area is 141 Å². The van der Waals surface area contributed by atoms with Crippen molar-refractivity contribution in [3.63, 3.8) is 0 Å². The molecule has 0 atom stereocenters. The van der Waals surface area contributed by atoms with Gasteiger partial charge in [-0.3, -0.25) is 4.90 Å². The van der Waals surface area contributed by atoms with Crippen molar-refractivity contribution >= 4 is 21.6 Å². The lowest BCUT2D eigenvalue weighted by molar-refractivity contribution is 0.194. The molecular weight excluding hydrogens is 330 g/mol.